The van der Waals surface area contributed by atoms with Crippen LogP contribution < -0.4 is 10.6 Å². The van der Waals surface area contributed by atoms with Crippen molar-refractivity contribution in [3.8, 4) is 0 Å². The minimum Gasteiger partial charge on any atom is -0.370 e. The molecule has 4 heteroatoms. The summed E-state index contributed by atoms with van der Waals surface area (Å²) in [6, 6.07) is 0. The summed E-state index contributed by atoms with van der Waals surface area (Å²) >= 11 is 0. The van der Waals surface area contributed by atoms with Crippen molar-refractivity contribution >= 4 is 11.6 Å². The molecular weight excluding hydrogens is 236 g/mol. The number of nitrogens with zero attached hydrogens (tertiary/aromatic N) is 2. The van der Waals surface area contributed by atoms with Gasteiger partial charge in [0.05, 0.1) is 0 Å². The van der Waals surface area contributed by atoms with Crippen LogP contribution in [0.15, 0.2) is 0 Å². The number of anilines is 2. The molecule has 4 nitrogen and oxygen atoms in total. The maximum absolute atomic E-state index is 4.59. The quantitative estimate of drug-likeness (QED) is 0.667. The maximum atomic E-state index is 4.59. The van der Waals surface area contributed by atoms with Crippen LogP contribution in [0.5, 0.6) is 0 Å². The second-order valence-electron chi connectivity index (χ2n) is 4.83. The molecule has 2 N–H and O–H groups in total. The van der Waals surface area contributed by atoms with E-state index in [-0.39, 0.29) is 0 Å². The highest BCUT2D eigenvalue weighted by Crippen LogP contribution is 2.20. The maximum Gasteiger partial charge on any atom is 0.134 e. The minimum absolute atomic E-state index is 0.864. The average molecular weight is 264 g/mol. The second kappa shape index (κ2) is 8.73. The summed E-state index contributed by atoms with van der Waals surface area (Å²) in [5.41, 5.74) is 1.12. The third-order valence-corrected chi connectivity index (χ3v) is 3.18. The Morgan fingerprint density at radius 3 is 2.16 bits per heavy atom. The van der Waals surface area contributed by atoms with Crippen LogP contribution in [0, 0.1) is 6.92 Å². The molecule has 1 rings (SSSR count). The minimum atomic E-state index is 0.864. The Kier molecular flexibility index (Phi) is 7.23. The zero-order chi connectivity index (χ0) is 14.1. The predicted octanol–water partition coefficient (Wildman–Crippen LogP) is 3.77. The number of aryl methyl sites for hydroxylation is 1. The van der Waals surface area contributed by atoms with Gasteiger partial charge in [-0.15, -0.1) is 0 Å². The Hall–Kier alpha value is -1.32. The molecule has 0 aromatic carbocycles. The van der Waals surface area contributed by atoms with E-state index < -0.39 is 0 Å². The van der Waals surface area contributed by atoms with E-state index in [1.807, 2.05) is 0 Å². The molecule has 0 saturated carbocycles. The number of rotatable bonds is 9. The summed E-state index contributed by atoms with van der Waals surface area (Å²) in [5, 5.41) is 6.76. The summed E-state index contributed by atoms with van der Waals surface area (Å²) in [6.45, 7) is 10.4. The first-order valence-corrected chi connectivity index (χ1v) is 7.58. The molecule has 0 saturated heterocycles. The SMILES string of the molecule is CCCCCCNc1nc(CC)nc(NCC)c1C. The van der Waals surface area contributed by atoms with Crippen LogP contribution in [0.2, 0.25) is 0 Å². The van der Waals surface area contributed by atoms with E-state index in [1.54, 1.807) is 0 Å². The van der Waals surface area contributed by atoms with Crippen molar-refractivity contribution in [3.05, 3.63) is 11.4 Å². The molecule has 108 valence electrons. The summed E-state index contributed by atoms with van der Waals surface area (Å²) in [5.74, 6) is 2.85. The van der Waals surface area contributed by atoms with Gasteiger partial charge in [-0.1, -0.05) is 33.1 Å². The topological polar surface area (TPSA) is 49.8 Å². The van der Waals surface area contributed by atoms with E-state index in [1.165, 1.54) is 25.7 Å². The van der Waals surface area contributed by atoms with Crippen molar-refractivity contribution in [2.45, 2.75) is 59.8 Å². The molecule has 0 aliphatic heterocycles. The molecule has 0 aliphatic rings. The Morgan fingerprint density at radius 2 is 1.58 bits per heavy atom. The normalized spacial score (nSPS) is 10.5. The molecule has 0 bridgehead atoms. The third-order valence-electron chi connectivity index (χ3n) is 3.18. The fourth-order valence-corrected chi connectivity index (χ4v) is 1.99. The van der Waals surface area contributed by atoms with Gasteiger partial charge in [-0.3, -0.25) is 0 Å². The molecule has 1 aromatic rings. The van der Waals surface area contributed by atoms with Crippen LogP contribution in [0.3, 0.4) is 0 Å². The number of aromatic nitrogens is 2. The lowest BCUT2D eigenvalue weighted by molar-refractivity contribution is 0.683. The molecular formula is C15H28N4. The van der Waals surface area contributed by atoms with Crippen molar-refractivity contribution in [2.24, 2.45) is 0 Å². The van der Waals surface area contributed by atoms with Crippen molar-refractivity contribution < 1.29 is 0 Å². The standard InChI is InChI=1S/C15H28N4/c1-5-8-9-10-11-17-15-12(4)14(16-7-3)18-13(6-2)19-15/h5-11H2,1-4H3,(H2,16,17,18,19). The fourth-order valence-electron chi connectivity index (χ4n) is 1.99. The Morgan fingerprint density at radius 1 is 0.895 bits per heavy atom. The molecule has 0 radical (unpaired) electrons. The van der Waals surface area contributed by atoms with Crippen LogP contribution >= 0.6 is 0 Å². The molecule has 0 aliphatic carbocycles. The zero-order valence-electron chi connectivity index (χ0n) is 12.8. The first-order valence-electron chi connectivity index (χ1n) is 7.58. The molecule has 0 amide bonds. The largest absolute Gasteiger partial charge is 0.370 e. The molecule has 0 atom stereocenters. The number of hydrogen-bond donors (Lipinski definition) is 2. The van der Waals surface area contributed by atoms with Gasteiger partial charge < -0.3 is 10.6 Å². The van der Waals surface area contributed by atoms with Gasteiger partial charge in [0.25, 0.3) is 0 Å². The van der Waals surface area contributed by atoms with E-state index in [0.717, 1.165) is 42.5 Å². The lowest BCUT2D eigenvalue weighted by Gasteiger charge is -2.14. The zero-order valence-corrected chi connectivity index (χ0v) is 12.8. The van der Waals surface area contributed by atoms with Crippen LogP contribution in [0.1, 0.15) is 57.8 Å². The molecule has 19 heavy (non-hydrogen) atoms. The van der Waals surface area contributed by atoms with Gasteiger partial charge in [-0.05, 0) is 20.3 Å². The van der Waals surface area contributed by atoms with Gasteiger partial charge in [-0.25, -0.2) is 9.97 Å². The molecule has 0 unspecified atom stereocenters. The highest BCUT2D eigenvalue weighted by atomic mass is 15.1. The number of unbranched alkanes of at least 4 members (excludes halogenated alkanes) is 3. The first kappa shape index (κ1) is 15.7. The van der Waals surface area contributed by atoms with Crippen LogP contribution in [0.4, 0.5) is 11.6 Å². The lowest BCUT2D eigenvalue weighted by atomic mass is 10.2. The lowest BCUT2D eigenvalue weighted by Crippen LogP contribution is -2.11. The summed E-state index contributed by atoms with van der Waals surface area (Å²) in [6.07, 6.45) is 5.94. The summed E-state index contributed by atoms with van der Waals surface area (Å²) < 4.78 is 0. The Labute approximate surface area is 117 Å². The van der Waals surface area contributed by atoms with Crippen molar-refractivity contribution in [1.82, 2.24) is 9.97 Å². The monoisotopic (exact) mass is 264 g/mol. The van der Waals surface area contributed by atoms with Gasteiger partial charge in [-0.2, -0.15) is 0 Å². The molecule has 0 fully saturated rings. The fraction of sp³-hybridized carbons (Fsp3) is 0.733. The van der Waals surface area contributed by atoms with Gasteiger partial charge in [0.15, 0.2) is 0 Å². The van der Waals surface area contributed by atoms with E-state index >= 15 is 0 Å². The highest BCUT2D eigenvalue weighted by Gasteiger charge is 2.09. The highest BCUT2D eigenvalue weighted by molar-refractivity contribution is 5.57. The van der Waals surface area contributed by atoms with Gasteiger partial charge >= 0.3 is 0 Å². The molecule has 1 aromatic heterocycles. The molecule has 0 spiro atoms. The average Bonchev–Trinajstić information content (AvgIpc) is 2.42. The van der Waals surface area contributed by atoms with E-state index in [0.29, 0.717) is 0 Å². The van der Waals surface area contributed by atoms with Crippen molar-refractivity contribution in [2.75, 3.05) is 23.7 Å². The van der Waals surface area contributed by atoms with Crippen LogP contribution in [0.25, 0.3) is 0 Å². The second-order valence-corrected chi connectivity index (χ2v) is 4.83. The summed E-state index contributed by atoms with van der Waals surface area (Å²) in [7, 11) is 0. The van der Waals surface area contributed by atoms with Gasteiger partial charge in [0.2, 0.25) is 0 Å². The summed E-state index contributed by atoms with van der Waals surface area (Å²) in [4.78, 5) is 9.13. The number of hydrogen-bond acceptors (Lipinski definition) is 4. The number of nitrogens with one attached hydrogen (secondary N) is 2. The van der Waals surface area contributed by atoms with Crippen LogP contribution in [-0.2, 0) is 6.42 Å². The smallest absolute Gasteiger partial charge is 0.134 e. The van der Waals surface area contributed by atoms with Crippen LogP contribution in [-0.4, -0.2) is 23.1 Å². The van der Waals surface area contributed by atoms with E-state index in [2.05, 4.69) is 48.3 Å². The van der Waals surface area contributed by atoms with Crippen molar-refractivity contribution in [3.63, 3.8) is 0 Å². The van der Waals surface area contributed by atoms with Gasteiger partial charge in [0.1, 0.15) is 17.5 Å². The Bertz CT molecular complexity index is 377. The first-order chi connectivity index (χ1) is 9.22. The predicted molar refractivity (Wildman–Crippen MR) is 82.9 cm³/mol. The third kappa shape index (κ3) is 5.05. The van der Waals surface area contributed by atoms with Crippen molar-refractivity contribution in [1.29, 1.82) is 0 Å². The molecule has 1 heterocycles. The van der Waals surface area contributed by atoms with Gasteiger partial charge in [0, 0.05) is 25.1 Å². The van der Waals surface area contributed by atoms with E-state index in [4.69, 9.17) is 0 Å². The van der Waals surface area contributed by atoms with E-state index in [9.17, 15) is 0 Å². The Balaban J connectivity index is 2.67.